The number of anilines is 1. The number of nitrogens with zero attached hydrogens (tertiary/aromatic N) is 1. The Bertz CT molecular complexity index is 695. The summed E-state index contributed by atoms with van der Waals surface area (Å²) in [6.07, 6.45) is 2.36. The standard InChI is InChI=1S/C15H17FN2O3S/c1-21-11-6-9(16)7-12-13(11)17-15(22-12)18-14(20)8-2-4-10(19)5-3-8/h6-8,10,19H,2-5H2,1H3,(H,17,18,20). The molecule has 0 aliphatic heterocycles. The lowest BCUT2D eigenvalue weighted by atomic mass is 9.87. The average Bonchev–Trinajstić information content (AvgIpc) is 2.89. The number of aliphatic hydroxyl groups excluding tert-OH is 1. The maximum Gasteiger partial charge on any atom is 0.229 e. The Morgan fingerprint density at radius 1 is 1.41 bits per heavy atom. The predicted molar refractivity (Wildman–Crippen MR) is 82.7 cm³/mol. The summed E-state index contributed by atoms with van der Waals surface area (Å²) >= 11 is 1.22. The minimum absolute atomic E-state index is 0.0922. The molecule has 1 amide bonds. The van der Waals surface area contributed by atoms with Crippen LogP contribution in [0.4, 0.5) is 9.52 Å². The number of hydrogen-bond acceptors (Lipinski definition) is 5. The maximum atomic E-state index is 13.5. The average molecular weight is 324 g/mol. The molecule has 1 aliphatic rings. The van der Waals surface area contributed by atoms with Gasteiger partial charge >= 0.3 is 0 Å². The van der Waals surface area contributed by atoms with Gasteiger partial charge in [0.25, 0.3) is 0 Å². The number of nitrogens with one attached hydrogen (secondary N) is 1. The number of halogens is 1. The number of carbonyl (C=O) groups excluding carboxylic acids is 1. The summed E-state index contributed by atoms with van der Waals surface area (Å²) < 4.78 is 19.2. The first-order valence-corrected chi connectivity index (χ1v) is 8.01. The zero-order chi connectivity index (χ0) is 15.7. The second kappa shape index (κ2) is 6.18. The number of amides is 1. The highest BCUT2D eigenvalue weighted by molar-refractivity contribution is 7.22. The summed E-state index contributed by atoms with van der Waals surface area (Å²) in [5.74, 6) is -0.237. The van der Waals surface area contributed by atoms with Crippen molar-refractivity contribution in [1.82, 2.24) is 4.98 Å². The lowest BCUT2D eigenvalue weighted by Gasteiger charge is -2.23. The van der Waals surface area contributed by atoms with Gasteiger partial charge in [0.2, 0.25) is 5.91 Å². The Morgan fingerprint density at radius 3 is 2.82 bits per heavy atom. The van der Waals surface area contributed by atoms with Gasteiger partial charge in [-0.2, -0.15) is 0 Å². The smallest absolute Gasteiger partial charge is 0.229 e. The van der Waals surface area contributed by atoms with Gasteiger partial charge in [-0.3, -0.25) is 4.79 Å². The Kier molecular flexibility index (Phi) is 4.26. The third-order valence-corrected chi connectivity index (χ3v) is 4.86. The van der Waals surface area contributed by atoms with Crippen molar-refractivity contribution in [3.63, 3.8) is 0 Å². The molecule has 0 unspecified atom stereocenters. The van der Waals surface area contributed by atoms with Crippen LogP contribution in [0.3, 0.4) is 0 Å². The normalized spacial score (nSPS) is 21.8. The number of aliphatic hydroxyl groups is 1. The number of fused-ring (bicyclic) bond motifs is 1. The largest absolute Gasteiger partial charge is 0.494 e. The van der Waals surface area contributed by atoms with Crippen molar-refractivity contribution in [3.05, 3.63) is 17.9 Å². The molecule has 0 bridgehead atoms. The highest BCUT2D eigenvalue weighted by Gasteiger charge is 2.26. The van der Waals surface area contributed by atoms with Gasteiger partial charge in [0, 0.05) is 12.0 Å². The minimum Gasteiger partial charge on any atom is -0.494 e. The van der Waals surface area contributed by atoms with Crippen LogP contribution in [0, 0.1) is 11.7 Å². The van der Waals surface area contributed by atoms with Crippen molar-refractivity contribution < 1.29 is 19.0 Å². The fourth-order valence-corrected chi connectivity index (χ4v) is 3.63. The summed E-state index contributed by atoms with van der Waals surface area (Å²) in [7, 11) is 1.46. The molecule has 1 aliphatic carbocycles. The van der Waals surface area contributed by atoms with Gasteiger partial charge in [-0.05, 0) is 31.7 Å². The lowest BCUT2D eigenvalue weighted by molar-refractivity contribution is -0.121. The first-order valence-electron chi connectivity index (χ1n) is 7.20. The fourth-order valence-electron chi connectivity index (χ4n) is 2.72. The Labute approximate surface area is 131 Å². The Hall–Kier alpha value is -1.73. The molecule has 22 heavy (non-hydrogen) atoms. The number of benzene rings is 1. The molecule has 1 saturated carbocycles. The molecule has 2 N–H and O–H groups in total. The minimum atomic E-state index is -0.396. The van der Waals surface area contributed by atoms with E-state index in [1.165, 1.54) is 30.6 Å². The predicted octanol–water partition coefficient (Wildman–Crippen LogP) is 2.93. The van der Waals surface area contributed by atoms with E-state index in [1.807, 2.05) is 0 Å². The molecular weight excluding hydrogens is 307 g/mol. The van der Waals surface area contributed by atoms with Crippen LogP contribution >= 0.6 is 11.3 Å². The number of carbonyl (C=O) groups is 1. The number of hydrogen-bond donors (Lipinski definition) is 2. The van der Waals surface area contributed by atoms with Gasteiger partial charge < -0.3 is 15.2 Å². The Morgan fingerprint density at radius 2 is 2.14 bits per heavy atom. The summed E-state index contributed by atoms with van der Waals surface area (Å²) in [5.41, 5.74) is 0.545. The van der Waals surface area contributed by atoms with Crippen LogP contribution in [0.15, 0.2) is 12.1 Å². The van der Waals surface area contributed by atoms with Crippen molar-refractivity contribution in [3.8, 4) is 5.75 Å². The SMILES string of the molecule is COc1cc(F)cc2sc(NC(=O)C3CCC(O)CC3)nc12. The first-order chi connectivity index (χ1) is 10.6. The van der Waals surface area contributed by atoms with Crippen LogP contribution < -0.4 is 10.1 Å². The molecule has 3 rings (SSSR count). The van der Waals surface area contributed by atoms with E-state index in [9.17, 15) is 14.3 Å². The highest BCUT2D eigenvalue weighted by atomic mass is 32.1. The quantitative estimate of drug-likeness (QED) is 0.910. The molecule has 1 aromatic carbocycles. The number of methoxy groups -OCH3 is 1. The molecule has 2 aromatic rings. The van der Waals surface area contributed by atoms with Crippen molar-refractivity contribution in [1.29, 1.82) is 0 Å². The molecule has 0 radical (unpaired) electrons. The van der Waals surface area contributed by atoms with Crippen LogP contribution in [0.2, 0.25) is 0 Å². The molecule has 7 heteroatoms. The van der Waals surface area contributed by atoms with Gasteiger partial charge in [0.1, 0.15) is 17.1 Å². The summed E-state index contributed by atoms with van der Waals surface area (Å²) in [6, 6.07) is 2.65. The second-order valence-electron chi connectivity index (χ2n) is 5.47. The van der Waals surface area contributed by atoms with Gasteiger partial charge in [-0.25, -0.2) is 9.37 Å². The fraction of sp³-hybridized carbons (Fsp3) is 0.467. The van der Waals surface area contributed by atoms with E-state index in [4.69, 9.17) is 4.74 Å². The molecule has 1 fully saturated rings. The molecule has 118 valence electrons. The molecule has 1 heterocycles. The van der Waals surface area contributed by atoms with Crippen LogP contribution in [0.1, 0.15) is 25.7 Å². The molecule has 1 aromatic heterocycles. The maximum absolute atomic E-state index is 13.5. The van der Waals surface area contributed by atoms with Gasteiger partial charge in [0.05, 0.1) is 17.9 Å². The monoisotopic (exact) mass is 324 g/mol. The lowest BCUT2D eigenvalue weighted by Crippen LogP contribution is -2.28. The van der Waals surface area contributed by atoms with E-state index in [-0.39, 0.29) is 17.9 Å². The topological polar surface area (TPSA) is 71.5 Å². The molecule has 0 atom stereocenters. The molecule has 5 nitrogen and oxygen atoms in total. The molecule has 0 spiro atoms. The van der Waals surface area contributed by atoms with Gasteiger partial charge in [0.15, 0.2) is 5.13 Å². The Balaban J connectivity index is 1.78. The summed E-state index contributed by atoms with van der Waals surface area (Å²) in [5, 5.41) is 12.7. The number of ether oxygens (including phenoxy) is 1. The number of aromatic nitrogens is 1. The zero-order valence-electron chi connectivity index (χ0n) is 12.1. The van der Waals surface area contributed by atoms with E-state index in [2.05, 4.69) is 10.3 Å². The number of rotatable bonds is 3. The van der Waals surface area contributed by atoms with Crippen molar-refractivity contribution in [2.24, 2.45) is 5.92 Å². The van der Waals surface area contributed by atoms with Crippen molar-refractivity contribution in [2.75, 3.05) is 12.4 Å². The van der Waals surface area contributed by atoms with Crippen molar-refractivity contribution in [2.45, 2.75) is 31.8 Å². The van der Waals surface area contributed by atoms with Crippen molar-refractivity contribution >= 4 is 32.6 Å². The van der Waals surface area contributed by atoms with Crippen LogP contribution in [0.5, 0.6) is 5.75 Å². The third-order valence-electron chi connectivity index (χ3n) is 3.94. The van der Waals surface area contributed by atoms with E-state index < -0.39 is 5.82 Å². The third kappa shape index (κ3) is 3.05. The van der Waals surface area contributed by atoms with Gasteiger partial charge in [-0.1, -0.05) is 11.3 Å². The second-order valence-corrected chi connectivity index (χ2v) is 6.50. The number of thiazole rings is 1. The van der Waals surface area contributed by atoms with E-state index in [1.54, 1.807) is 0 Å². The molecule has 0 saturated heterocycles. The summed E-state index contributed by atoms with van der Waals surface area (Å²) in [6.45, 7) is 0. The van der Waals surface area contributed by atoms with E-state index in [0.717, 1.165) is 0 Å². The van der Waals surface area contributed by atoms with Gasteiger partial charge in [-0.15, -0.1) is 0 Å². The summed E-state index contributed by atoms with van der Waals surface area (Å²) in [4.78, 5) is 16.6. The van der Waals surface area contributed by atoms with E-state index >= 15 is 0 Å². The molecular formula is C15H17FN2O3S. The first kappa shape index (κ1) is 15.2. The van der Waals surface area contributed by atoms with Crippen LogP contribution in [-0.4, -0.2) is 29.2 Å². The van der Waals surface area contributed by atoms with E-state index in [0.29, 0.717) is 46.8 Å². The highest BCUT2D eigenvalue weighted by Crippen LogP contribution is 2.34. The van der Waals surface area contributed by atoms with Crippen LogP contribution in [-0.2, 0) is 4.79 Å². The zero-order valence-corrected chi connectivity index (χ0v) is 13.0. The van der Waals surface area contributed by atoms with Crippen LogP contribution in [0.25, 0.3) is 10.2 Å².